The Morgan fingerprint density at radius 3 is 1.38 bits per heavy atom. The fourth-order valence-electron chi connectivity index (χ4n) is 4.79. The standard InChI is InChI=1S/C36H29N3/c37-31-10-7-11-33(26-31)38-32-20-14-28(15-21-32)30-18-24-36(25-19-30)39(34-12-5-2-6-13-34)35-22-16-29(17-23-35)27-8-3-1-4-9-27/h1-26,38H,37H2. The molecule has 3 N–H and O–H groups in total. The van der Waals surface area contributed by atoms with Crippen molar-refractivity contribution in [3.05, 3.63) is 158 Å². The summed E-state index contributed by atoms with van der Waals surface area (Å²) in [5.74, 6) is 0. The molecule has 0 bridgehead atoms. The molecule has 6 rings (SSSR count). The maximum atomic E-state index is 5.91. The first-order valence-corrected chi connectivity index (χ1v) is 13.1. The highest BCUT2D eigenvalue weighted by atomic mass is 15.1. The van der Waals surface area contributed by atoms with Crippen LogP contribution in [0.2, 0.25) is 0 Å². The van der Waals surface area contributed by atoms with Crippen LogP contribution >= 0.6 is 0 Å². The van der Waals surface area contributed by atoms with Gasteiger partial charge >= 0.3 is 0 Å². The molecule has 6 aromatic rings. The molecule has 0 saturated carbocycles. The van der Waals surface area contributed by atoms with Crippen LogP contribution in [0.3, 0.4) is 0 Å². The molecule has 188 valence electrons. The van der Waals surface area contributed by atoms with Crippen molar-refractivity contribution in [3.63, 3.8) is 0 Å². The molecular formula is C36H29N3. The zero-order valence-corrected chi connectivity index (χ0v) is 21.5. The number of nitrogens with two attached hydrogens (primary N) is 1. The van der Waals surface area contributed by atoms with E-state index < -0.39 is 0 Å². The molecule has 0 saturated heterocycles. The number of nitrogen functional groups attached to an aromatic ring is 1. The Balaban J connectivity index is 1.26. The lowest BCUT2D eigenvalue weighted by Gasteiger charge is -2.26. The summed E-state index contributed by atoms with van der Waals surface area (Å²) < 4.78 is 0. The third-order valence-corrected chi connectivity index (χ3v) is 6.77. The van der Waals surface area contributed by atoms with Gasteiger partial charge in [-0.1, -0.05) is 91.0 Å². The van der Waals surface area contributed by atoms with E-state index in [4.69, 9.17) is 5.73 Å². The SMILES string of the molecule is Nc1cccc(Nc2ccc(-c3ccc(N(c4ccccc4)c4ccc(-c5ccccc5)cc4)cc3)cc2)c1. The van der Waals surface area contributed by atoms with E-state index in [-0.39, 0.29) is 0 Å². The molecule has 0 amide bonds. The summed E-state index contributed by atoms with van der Waals surface area (Å²) in [5.41, 5.74) is 16.8. The van der Waals surface area contributed by atoms with Gasteiger partial charge < -0.3 is 16.0 Å². The largest absolute Gasteiger partial charge is 0.399 e. The number of anilines is 6. The monoisotopic (exact) mass is 503 g/mol. The van der Waals surface area contributed by atoms with Gasteiger partial charge in [-0.25, -0.2) is 0 Å². The zero-order valence-electron chi connectivity index (χ0n) is 21.5. The van der Waals surface area contributed by atoms with Crippen molar-refractivity contribution in [3.8, 4) is 22.3 Å². The number of nitrogens with one attached hydrogen (secondary N) is 1. The molecule has 3 heteroatoms. The van der Waals surface area contributed by atoms with Crippen LogP contribution in [0.25, 0.3) is 22.3 Å². The van der Waals surface area contributed by atoms with Crippen molar-refractivity contribution in [1.82, 2.24) is 0 Å². The fourth-order valence-corrected chi connectivity index (χ4v) is 4.79. The molecule has 0 unspecified atom stereocenters. The predicted molar refractivity (Wildman–Crippen MR) is 166 cm³/mol. The minimum atomic E-state index is 0.744. The van der Waals surface area contributed by atoms with Crippen LogP contribution in [0.1, 0.15) is 0 Å². The lowest BCUT2D eigenvalue weighted by atomic mass is 10.0. The molecular weight excluding hydrogens is 474 g/mol. The Hall–Kier alpha value is -5.28. The first kappa shape index (κ1) is 24.1. The minimum Gasteiger partial charge on any atom is -0.399 e. The van der Waals surface area contributed by atoms with Gasteiger partial charge in [-0.15, -0.1) is 0 Å². The quantitative estimate of drug-likeness (QED) is 0.213. The molecule has 0 atom stereocenters. The second kappa shape index (κ2) is 11.0. The van der Waals surface area contributed by atoms with Crippen molar-refractivity contribution in [1.29, 1.82) is 0 Å². The van der Waals surface area contributed by atoms with E-state index in [1.54, 1.807) is 0 Å². The van der Waals surface area contributed by atoms with E-state index in [0.29, 0.717) is 0 Å². The van der Waals surface area contributed by atoms with Crippen molar-refractivity contribution in [2.75, 3.05) is 16.0 Å². The average Bonchev–Trinajstić information content (AvgIpc) is 3.00. The normalized spacial score (nSPS) is 10.7. The maximum Gasteiger partial charge on any atom is 0.0462 e. The van der Waals surface area contributed by atoms with E-state index in [2.05, 4.69) is 138 Å². The Bertz CT molecular complexity index is 1640. The van der Waals surface area contributed by atoms with E-state index in [1.165, 1.54) is 16.7 Å². The van der Waals surface area contributed by atoms with Gasteiger partial charge in [0, 0.05) is 34.1 Å². The Morgan fingerprint density at radius 1 is 0.385 bits per heavy atom. The summed E-state index contributed by atoms with van der Waals surface area (Å²) in [6, 6.07) is 54.7. The molecule has 0 aromatic heterocycles. The maximum absolute atomic E-state index is 5.91. The summed E-state index contributed by atoms with van der Waals surface area (Å²) >= 11 is 0. The predicted octanol–water partition coefficient (Wildman–Crippen LogP) is 9.82. The van der Waals surface area contributed by atoms with Crippen molar-refractivity contribution in [2.24, 2.45) is 0 Å². The van der Waals surface area contributed by atoms with Gasteiger partial charge in [-0.3, -0.25) is 0 Å². The van der Waals surface area contributed by atoms with Gasteiger partial charge in [-0.05, 0) is 89.0 Å². The van der Waals surface area contributed by atoms with Crippen molar-refractivity contribution in [2.45, 2.75) is 0 Å². The second-order valence-electron chi connectivity index (χ2n) is 9.46. The first-order valence-electron chi connectivity index (χ1n) is 13.1. The molecule has 0 aliphatic carbocycles. The van der Waals surface area contributed by atoms with Crippen LogP contribution in [0.4, 0.5) is 34.1 Å². The van der Waals surface area contributed by atoms with Crippen LogP contribution in [-0.2, 0) is 0 Å². The van der Waals surface area contributed by atoms with Crippen LogP contribution in [0.5, 0.6) is 0 Å². The number of hydrogen-bond donors (Lipinski definition) is 2. The van der Waals surface area contributed by atoms with E-state index in [9.17, 15) is 0 Å². The lowest BCUT2D eigenvalue weighted by molar-refractivity contribution is 1.28. The van der Waals surface area contributed by atoms with Crippen LogP contribution in [0, 0.1) is 0 Å². The molecule has 0 spiro atoms. The van der Waals surface area contributed by atoms with Gasteiger partial charge in [0.1, 0.15) is 0 Å². The molecule has 6 aromatic carbocycles. The summed E-state index contributed by atoms with van der Waals surface area (Å²) in [4.78, 5) is 2.29. The lowest BCUT2D eigenvalue weighted by Crippen LogP contribution is -2.09. The van der Waals surface area contributed by atoms with Gasteiger partial charge in [0.25, 0.3) is 0 Å². The highest BCUT2D eigenvalue weighted by molar-refractivity contribution is 5.80. The molecule has 0 aliphatic heterocycles. The fraction of sp³-hybridized carbons (Fsp3) is 0. The van der Waals surface area contributed by atoms with E-state index in [0.717, 1.165) is 39.7 Å². The number of nitrogens with zero attached hydrogens (tertiary/aromatic N) is 1. The van der Waals surface area contributed by atoms with Crippen LogP contribution < -0.4 is 16.0 Å². The number of rotatable bonds is 7. The number of para-hydroxylation sites is 1. The van der Waals surface area contributed by atoms with Gasteiger partial charge in [-0.2, -0.15) is 0 Å². The molecule has 39 heavy (non-hydrogen) atoms. The highest BCUT2D eigenvalue weighted by Crippen LogP contribution is 2.36. The van der Waals surface area contributed by atoms with Crippen LogP contribution in [-0.4, -0.2) is 0 Å². The Kier molecular flexibility index (Phi) is 6.79. The van der Waals surface area contributed by atoms with Crippen molar-refractivity contribution < 1.29 is 0 Å². The highest BCUT2D eigenvalue weighted by Gasteiger charge is 2.13. The summed E-state index contributed by atoms with van der Waals surface area (Å²) in [7, 11) is 0. The van der Waals surface area contributed by atoms with Gasteiger partial charge in [0.05, 0.1) is 0 Å². The molecule has 0 heterocycles. The van der Waals surface area contributed by atoms with Gasteiger partial charge in [0.2, 0.25) is 0 Å². The van der Waals surface area contributed by atoms with Gasteiger partial charge in [0.15, 0.2) is 0 Å². The molecule has 0 aliphatic rings. The third-order valence-electron chi connectivity index (χ3n) is 6.77. The van der Waals surface area contributed by atoms with Crippen molar-refractivity contribution >= 4 is 34.1 Å². The third kappa shape index (κ3) is 5.53. The number of hydrogen-bond acceptors (Lipinski definition) is 3. The van der Waals surface area contributed by atoms with E-state index in [1.807, 2.05) is 30.3 Å². The smallest absolute Gasteiger partial charge is 0.0462 e. The van der Waals surface area contributed by atoms with E-state index >= 15 is 0 Å². The first-order chi connectivity index (χ1) is 19.2. The molecule has 0 radical (unpaired) electrons. The number of benzene rings is 6. The van der Waals surface area contributed by atoms with Crippen LogP contribution in [0.15, 0.2) is 158 Å². The average molecular weight is 504 g/mol. The summed E-state index contributed by atoms with van der Waals surface area (Å²) in [6.07, 6.45) is 0. The summed E-state index contributed by atoms with van der Waals surface area (Å²) in [5, 5.41) is 3.41. The zero-order chi connectivity index (χ0) is 26.4. The second-order valence-corrected chi connectivity index (χ2v) is 9.46. The topological polar surface area (TPSA) is 41.3 Å². The molecule has 3 nitrogen and oxygen atoms in total. The molecule has 0 fully saturated rings. The summed E-state index contributed by atoms with van der Waals surface area (Å²) in [6.45, 7) is 0. The Morgan fingerprint density at radius 2 is 0.846 bits per heavy atom. The Labute approximate surface area is 229 Å². The minimum absolute atomic E-state index is 0.744.